The Labute approximate surface area is 134 Å². The number of amides is 1. The molecule has 0 spiro atoms. The fourth-order valence-electron chi connectivity index (χ4n) is 3.34. The highest BCUT2D eigenvalue weighted by atomic mass is 16.3. The molecule has 1 fully saturated rings. The average Bonchev–Trinajstić information content (AvgIpc) is 2.56. The predicted molar refractivity (Wildman–Crippen MR) is 90.4 cm³/mol. The van der Waals surface area contributed by atoms with Crippen molar-refractivity contribution in [3.8, 4) is 0 Å². The van der Waals surface area contributed by atoms with Gasteiger partial charge in [-0.25, -0.2) is 0 Å². The zero-order valence-corrected chi connectivity index (χ0v) is 13.3. The van der Waals surface area contributed by atoms with E-state index in [9.17, 15) is 9.59 Å². The van der Waals surface area contributed by atoms with Gasteiger partial charge in [0.2, 0.25) is 0 Å². The van der Waals surface area contributed by atoms with E-state index in [2.05, 4.69) is 5.32 Å². The lowest BCUT2D eigenvalue weighted by Crippen LogP contribution is -2.39. The van der Waals surface area contributed by atoms with Crippen LogP contribution in [0.3, 0.4) is 0 Å². The first-order valence-corrected chi connectivity index (χ1v) is 8.19. The van der Waals surface area contributed by atoms with Crippen LogP contribution in [0.2, 0.25) is 0 Å². The predicted octanol–water partition coefficient (Wildman–Crippen LogP) is 3.07. The van der Waals surface area contributed by atoms with Crippen molar-refractivity contribution < 1.29 is 9.21 Å². The van der Waals surface area contributed by atoms with Gasteiger partial charge in [0.1, 0.15) is 0 Å². The number of hydrogen-bond donors (Lipinski definition) is 2. The number of nitrogens with one attached hydrogen (secondary N) is 1. The van der Waals surface area contributed by atoms with Crippen molar-refractivity contribution in [1.29, 1.82) is 0 Å². The van der Waals surface area contributed by atoms with E-state index < -0.39 is 0 Å². The van der Waals surface area contributed by atoms with Crippen molar-refractivity contribution >= 4 is 22.6 Å². The number of anilines is 1. The topological polar surface area (TPSA) is 85.3 Å². The van der Waals surface area contributed by atoms with Crippen LogP contribution in [0.1, 0.15) is 49.6 Å². The van der Waals surface area contributed by atoms with Crippen LogP contribution in [0, 0.1) is 5.92 Å². The second-order valence-corrected chi connectivity index (χ2v) is 6.36. The molecule has 5 nitrogen and oxygen atoms in total. The molecule has 122 valence electrons. The number of hydrogen-bond acceptors (Lipinski definition) is 4. The summed E-state index contributed by atoms with van der Waals surface area (Å²) in [6.07, 6.45) is 5.97. The Balaban J connectivity index is 1.83. The van der Waals surface area contributed by atoms with Gasteiger partial charge in [0.15, 0.2) is 16.8 Å². The van der Waals surface area contributed by atoms with E-state index in [4.69, 9.17) is 10.2 Å². The van der Waals surface area contributed by atoms with Gasteiger partial charge in [-0.1, -0.05) is 25.3 Å². The highest BCUT2D eigenvalue weighted by Gasteiger charge is 2.23. The van der Waals surface area contributed by atoms with E-state index >= 15 is 0 Å². The third-order valence-electron chi connectivity index (χ3n) is 4.72. The molecule has 1 aromatic carbocycles. The molecular weight excluding hydrogens is 292 g/mol. The molecule has 1 atom stereocenters. The molecule has 5 heteroatoms. The van der Waals surface area contributed by atoms with Gasteiger partial charge in [-0.05, 0) is 37.8 Å². The average molecular weight is 314 g/mol. The van der Waals surface area contributed by atoms with Crippen LogP contribution >= 0.6 is 0 Å². The van der Waals surface area contributed by atoms with Crippen molar-refractivity contribution in [2.45, 2.75) is 45.1 Å². The number of carbonyl (C=O) groups excluding carboxylic acids is 1. The highest BCUT2D eigenvalue weighted by molar-refractivity contribution is 5.95. The Hall–Kier alpha value is -2.30. The number of rotatable bonds is 3. The van der Waals surface area contributed by atoms with Crippen LogP contribution in [0.25, 0.3) is 11.0 Å². The highest BCUT2D eigenvalue weighted by Crippen LogP contribution is 2.26. The monoisotopic (exact) mass is 314 g/mol. The molecule has 0 bridgehead atoms. The summed E-state index contributed by atoms with van der Waals surface area (Å²) in [6, 6.07) is 6.29. The van der Waals surface area contributed by atoms with Gasteiger partial charge in [-0.3, -0.25) is 9.59 Å². The number of benzene rings is 1. The van der Waals surface area contributed by atoms with Crippen molar-refractivity contribution in [2.24, 2.45) is 5.92 Å². The molecule has 1 saturated carbocycles. The normalized spacial score (nSPS) is 17.1. The number of para-hydroxylation sites is 1. The molecule has 1 aromatic heterocycles. The lowest BCUT2D eigenvalue weighted by molar-refractivity contribution is 0.0892. The lowest BCUT2D eigenvalue weighted by atomic mass is 9.84. The largest absolute Gasteiger partial charge is 0.448 e. The number of nitrogens with two attached hydrogens (primary N) is 1. The molecule has 1 heterocycles. The summed E-state index contributed by atoms with van der Waals surface area (Å²) >= 11 is 0. The number of carbonyl (C=O) groups is 1. The standard InChI is InChI=1S/C18H22N2O3/c1-11(12-6-3-2-4-7-12)20-18(22)16-10-15(21)13-8-5-9-14(19)17(13)23-16/h5,8-12H,2-4,6-7,19H2,1H3,(H,20,22)/t11-/m0/s1. The Morgan fingerprint density at radius 1 is 1.30 bits per heavy atom. The van der Waals surface area contributed by atoms with Gasteiger partial charge < -0.3 is 15.5 Å². The zero-order chi connectivity index (χ0) is 16.4. The van der Waals surface area contributed by atoms with Crippen molar-refractivity contribution in [3.05, 3.63) is 40.2 Å². The second kappa shape index (κ2) is 6.44. The Bertz CT molecular complexity index is 775. The summed E-state index contributed by atoms with van der Waals surface area (Å²) in [4.78, 5) is 24.6. The molecule has 23 heavy (non-hydrogen) atoms. The fraction of sp³-hybridized carbons (Fsp3) is 0.444. The van der Waals surface area contributed by atoms with E-state index in [1.54, 1.807) is 18.2 Å². The molecule has 0 aliphatic heterocycles. The van der Waals surface area contributed by atoms with Crippen LogP contribution in [0.5, 0.6) is 0 Å². The molecule has 2 aromatic rings. The van der Waals surface area contributed by atoms with Gasteiger partial charge in [0.05, 0.1) is 11.1 Å². The summed E-state index contributed by atoms with van der Waals surface area (Å²) in [5, 5.41) is 3.36. The van der Waals surface area contributed by atoms with E-state index in [1.807, 2.05) is 6.92 Å². The number of nitrogen functional groups attached to an aromatic ring is 1. The van der Waals surface area contributed by atoms with Gasteiger partial charge in [-0.15, -0.1) is 0 Å². The summed E-state index contributed by atoms with van der Waals surface area (Å²) < 4.78 is 5.59. The van der Waals surface area contributed by atoms with E-state index in [0.29, 0.717) is 17.0 Å². The molecule has 0 radical (unpaired) electrons. The molecule has 3 rings (SSSR count). The minimum absolute atomic E-state index is 0.0167. The van der Waals surface area contributed by atoms with Gasteiger partial charge >= 0.3 is 0 Å². The van der Waals surface area contributed by atoms with Crippen LogP contribution < -0.4 is 16.5 Å². The molecule has 1 aliphatic rings. The van der Waals surface area contributed by atoms with E-state index in [0.717, 1.165) is 12.8 Å². The van der Waals surface area contributed by atoms with Gasteiger partial charge in [0, 0.05) is 12.1 Å². The quantitative estimate of drug-likeness (QED) is 0.853. The second-order valence-electron chi connectivity index (χ2n) is 6.36. The van der Waals surface area contributed by atoms with E-state index in [-0.39, 0.29) is 28.7 Å². The van der Waals surface area contributed by atoms with Gasteiger partial charge in [-0.2, -0.15) is 0 Å². The minimum atomic E-state index is -0.356. The Kier molecular flexibility index (Phi) is 4.37. The third kappa shape index (κ3) is 3.23. The first-order chi connectivity index (χ1) is 11.1. The maximum absolute atomic E-state index is 12.4. The summed E-state index contributed by atoms with van der Waals surface area (Å²) in [6.45, 7) is 2.02. The van der Waals surface area contributed by atoms with Crippen LogP contribution in [-0.4, -0.2) is 11.9 Å². The zero-order valence-electron chi connectivity index (χ0n) is 13.3. The summed E-state index contributed by atoms with van der Waals surface area (Å²) in [5.41, 5.74) is 6.22. The molecule has 1 aliphatic carbocycles. The van der Waals surface area contributed by atoms with Crippen molar-refractivity contribution in [2.75, 3.05) is 5.73 Å². The van der Waals surface area contributed by atoms with Crippen molar-refractivity contribution in [1.82, 2.24) is 5.32 Å². The molecule has 0 saturated heterocycles. The SMILES string of the molecule is C[C@H](NC(=O)c1cc(=O)c2cccc(N)c2o1)C1CCCCC1. The number of fused-ring (bicyclic) bond motifs is 1. The summed E-state index contributed by atoms with van der Waals surface area (Å²) in [7, 11) is 0. The Morgan fingerprint density at radius 3 is 2.78 bits per heavy atom. The van der Waals surface area contributed by atoms with Gasteiger partial charge in [0.25, 0.3) is 5.91 Å². The molecule has 1 amide bonds. The lowest BCUT2D eigenvalue weighted by Gasteiger charge is -2.28. The Morgan fingerprint density at radius 2 is 2.04 bits per heavy atom. The van der Waals surface area contributed by atoms with Crippen LogP contribution in [-0.2, 0) is 0 Å². The molecular formula is C18H22N2O3. The first-order valence-electron chi connectivity index (χ1n) is 8.19. The maximum atomic E-state index is 12.4. The summed E-state index contributed by atoms with van der Waals surface area (Å²) in [5.74, 6) is 0.151. The minimum Gasteiger partial charge on any atom is -0.448 e. The van der Waals surface area contributed by atoms with Crippen molar-refractivity contribution in [3.63, 3.8) is 0 Å². The third-order valence-corrected chi connectivity index (χ3v) is 4.72. The maximum Gasteiger partial charge on any atom is 0.287 e. The van der Waals surface area contributed by atoms with Crippen LogP contribution in [0.15, 0.2) is 33.5 Å². The smallest absolute Gasteiger partial charge is 0.287 e. The molecule has 0 unspecified atom stereocenters. The molecule has 3 N–H and O–H groups in total. The first kappa shape index (κ1) is 15.6. The van der Waals surface area contributed by atoms with E-state index in [1.165, 1.54) is 25.3 Å². The fourth-order valence-corrected chi connectivity index (χ4v) is 3.34. The van der Waals surface area contributed by atoms with Crippen LogP contribution in [0.4, 0.5) is 5.69 Å².